The highest BCUT2D eigenvalue weighted by Crippen LogP contribution is 2.42. The second-order valence-electron chi connectivity index (χ2n) is 7.72. The summed E-state index contributed by atoms with van der Waals surface area (Å²) in [6.07, 6.45) is 6.78. The van der Waals surface area contributed by atoms with E-state index in [9.17, 15) is 9.59 Å². The molecule has 2 heterocycles. The smallest absolute Gasteiger partial charge is 0.253 e. The van der Waals surface area contributed by atoms with Crippen molar-refractivity contribution in [2.75, 3.05) is 5.32 Å². The minimum absolute atomic E-state index is 0.0217. The number of nitrogens with one attached hydrogen (secondary N) is 1. The molecule has 2 aromatic heterocycles. The molecule has 2 aliphatic rings. The van der Waals surface area contributed by atoms with Gasteiger partial charge >= 0.3 is 0 Å². The molecule has 0 aliphatic heterocycles. The third kappa shape index (κ3) is 2.63. The largest absolute Gasteiger partial charge is 0.365 e. The standard InChI is InChI=1S/C21H20N4O2/c1-21(7-8-21)25-11-16-17(9-19(25)27)23-12-24-20(16)22-10-13-3-2-4-15-14(13)5-6-18(15)26/h2-4,9,11-12H,5-8,10H2,1H3,(H,22,23,24). The number of aromatic nitrogens is 3. The molecule has 2 aliphatic carbocycles. The van der Waals surface area contributed by atoms with Gasteiger partial charge in [0.1, 0.15) is 12.1 Å². The van der Waals surface area contributed by atoms with Crippen molar-refractivity contribution in [1.29, 1.82) is 0 Å². The van der Waals surface area contributed by atoms with Crippen molar-refractivity contribution in [3.8, 4) is 0 Å². The van der Waals surface area contributed by atoms with E-state index >= 15 is 0 Å². The van der Waals surface area contributed by atoms with E-state index in [0.717, 1.165) is 41.3 Å². The number of hydrogen-bond donors (Lipinski definition) is 1. The lowest BCUT2D eigenvalue weighted by atomic mass is 10.0. The van der Waals surface area contributed by atoms with E-state index in [-0.39, 0.29) is 16.9 Å². The minimum Gasteiger partial charge on any atom is -0.365 e. The van der Waals surface area contributed by atoms with Crippen LogP contribution in [0.25, 0.3) is 10.9 Å². The summed E-state index contributed by atoms with van der Waals surface area (Å²) in [6, 6.07) is 7.48. The first-order valence-electron chi connectivity index (χ1n) is 9.31. The van der Waals surface area contributed by atoms with Crippen molar-refractivity contribution in [3.05, 3.63) is 63.8 Å². The van der Waals surface area contributed by atoms with Crippen LogP contribution in [-0.4, -0.2) is 20.3 Å². The van der Waals surface area contributed by atoms with Crippen LogP contribution in [0.1, 0.15) is 47.7 Å². The lowest BCUT2D eigenvalue weighted by Crippen LogP contribution is -2.27. The molecule has 1 N–H and O–H groups in total. The summed E-state index contributed by atoms with van der Waals surface area (Å²) in [5.74, 6) is 0.931. The third-order valence-corrected chi connectivity index (χ3v) is 5.85. The molecule has 136 valence electrons. The summed E-state index contributed by atoms with van der Waals surface area (Å²) < 4.78 is 1.81. The fraction of sp³-hybridized carbons (Fsp3) is 0.333. The first-order chi connectivity index (χ1) is 13.0. The zero-order chi connectivity index (χ0) is 18.6. The van der Waals surface area contributed by atoms with Crippen LogP contribution in [0.4, 0.5) is 5.82 Å². The predicted molar refractivity (Wildman–Crippen MR) is 103 cm³/mol. The van der Waals surface area contributed by atoms with E-state index < -0.39 is 0 Å². The first kappa shape index (κ1) is 16.2. The Balaban J connectivity index is 1.51. The average Bonchev–Trinajstić information content (AvgIpc) is 3.30. The van der Waals surface area contributed by atoms with Crippen molar-refractivity contribution >= 4 is 22.5 Å². The van der Waals surface area contributed by atoms with Gasteiger partial charge in [0.05, 0.1) is 10.9 Å². The number of rotatable bonds is 4. The zero-order valence-corrected chi connectivity index (χ0v) is 15.2. The van der Waals surface area contributed by atoms with Crippen molar-refractivity contribution < 1.29 is 4.79 Å². The molecule has 1 saturated carbocycles. The fourth-order valence-corrected chi connectivity index (χ4v) is 3.92. The molecule has 0 unspecified atom stereocenters. The maximum absolute atomic E-state index is 12.4. The second-order valence-corrected chi connectivity index (χ2v) is 7.72. The second kappa shape index (κ2) is 5.74. The number of anilines is 1. The molecule has 0 radical (unpaired) electrons. The number of nitrogens with zero attached hydrogens (tertiary/aromatic N) is 3. The maximum atomic E-state index is 12.4. The van der Waals surface area contributed by atoms with Gasteiger partial charge in [-0.05, 0) is 37.3 Å². The van der Waals surface area contributed by atoms with E-state index in [2.05, 4.69) is 28.3 Å². The Morgan fingerprint density at radius 1 is 1.19 bits per heavy atom. The normalized spacial score (nSPS) is 17.1. The average molecular weight is 360 g/mol. The highest BCUT2D eigenvalue weighted by molar-refractivity contribution is 6.00. The molecule has 6 heteroatoms. The fourth-order valence-electron chi connectivity index (χ4n) is 3.92. The van der Waals surface area contributed by atoms with Gasteiger partial charge in [-0.15, -0.1) is 0 Å². The lowest BCUT2D eigenvalue weighted by molar-refractivity contribution is 0.0994. The summed E-state index contributed by atoms with van der Waals surface area (Å²) in [5, 5.41) is 4.23. The Morgan fingerprint density at radius 2 is 2.04 bits per heavy atom. The van der Waals surface area contributed by atoms with Gasteiger partial charge in [-0.2, -0.15) is 0 Å². The summed E-state index contributed by atoms with van der Waals surface area (Å²) in [7, 11) is 0. The van der Waals surface area contributed by atoms with E-state index in [0.29, 0.717) is 24.3 Å². The molecule has 0 saturated heterocycles. The van der Waals surface area contributed by atoms with Crippen LogP contribution in [-0.2, 0) is 18.5 Å². The molecule has 0 atom stereocenters. The molecule has 5 rings (SSSR count). The number of carbonyl (C=O) groups is 1. The van der Waals surface area contributed by atoms with Crippen molar-refractivity contribution in [2.24, 2.45) is 0 Å². The number of fused-ring (bicyclic) bond motifs is 2. The van der Waals surface area contributed by atoms with E-state index in [1.54, 1.807) is 6.07 Å². The number of pyridine rings is 1. The zero-order valence-electron chi connectivity index (χ0n) is 15.2. The third-order valence-electron chi connectivity index (χ3n) is 5.85. The number of hydrogen-bond acceptors (Lipinski definition) is 5. The van der Waals surface area contributed by atoms with Crippen molar-refractivity contribution in [1.82, 2.24) is 14.5 Å². The van der Waals surface area contributed by atoms with Gasteiger partial charge < -0.3 is 9.88 Å². The lowest BCUT2D eigenvalue weighted by Gasteiger charge is -2.15. The Kier molecular flexibility index (Phi) is 3.44. The van der Waals surface area contributed by atoms with Gasteiger partial charge in [0.25, 0.3) is 5.56 Å². The molecular formula is C21H20N4O2. The number of Topliss-reactive ketones (excluding diaryl/α,β-unsaturated/α-hetero) is 1. The van der Waals surface area contributed by atoms with Gasteiger partial charge in [0.2, 0.25) is 0 Å². The molecule has 6 nitrogen and oxygen atoms in total. The molecule has 1 fully saturated rings. The van der Waals surface area contributed by atoms with Crippen LogP contribution in [0.3, 0.4) is 0 Å². The SMILES string of the molecule is CC1(n2cc3c(NCc4cccc5c4CCC5=O)ncnc3cc2=O)CC1. The Labute approximate surface area is 156 Å². The Morgan fingerprint density at radius 3 is 2.85 bits per heavy atom. The molecule has 0 bridgehead atoms. The van der Waals surface area contributed by atoms with E-state index in [1.165, 1.54) is 6.33 Å². The summed E-state index contributed by atoms with van der Waals surface area (Å²) in [6.45, 7) is 2.68. The van der Waals surface area contributed by atoms with Crippen LogP contribution in [0, 0.1) is 0 Å². The molecule has 0 amide bonds. The van der Waals surface area contributed by atoms with Gasteiger partial charge in [-0.1, -0.05) is 18.2 Å². The quantitative estimate of drug-likeness (QED) is 0.774. The topological polar surface area (TPSA) is 76.9 Å². The van der Waals surface area contributed by atoms with Crippen molar-refractivity contribution in [3.63, 3.8) is 0 Å². The van der Waals surface area contributed by atoms with Crippen LogP contribution >= 0.6 is 0 Å². The van der Waals surface area contributed by atoms with Crippen molar-refractivity contribution in [2.45, 2.75) is 44.7 Å². The Bertz CT molecular complexity index is 1140. The predicted octanol–water partition coefficient (Wildman–Crippen LogP) is 3.04. The first-order valence-corrected chi connectivity index (χ1v) is 9.31. The minimum atomic E-state index is -0.0843. The number of ketones is 1. The number of carbonyl (C=O) groups excluding carboxylic acids is 1. The summed E-state index contributed by atoms with van der Waals surface area (Å²) in [5.41, 5.74) is 3.64. The van der Waals surface area contributed by atoms with Crippen LogP contribution < -0.4 is 10.9 Å². The highest BCUT2D eigenvalue weighted by atomic mass is 16.1. The van der Waals surface area contributed by atoms with E-state index in [1.807, 2.05) is 22.9 Å². The highest BCUT2D eigenvalue weighted by Gasteiger charge is 2.40. The van der Waals surface area contributed by atoms with E-state index in [4.69, 9.17) is 0 Å². The van der Waals surface area contributed by atoms with Gasteiger partial charge in [0.15, 0.2) is 5.78 Å². The monoisotopic (exact) mass is 360 g/mol. The molecular weight excluding hydrogens is 340 g/mol. The Hall–Kier alpha value is -3.02. The van der Waals surface area contributed by atoms with Gasteiger partial charge in [0, 0.05) is 36.3 Å². The van der Waals surface area contributed by atoms with Crippen LogP contribution in [0.2, 0.25) is 0 Å². The van der Waals surface area contributed by atoms with Gasteiger partial charge in [-0.25, -0.2) is 9.97 Å². The maximum Gasteiger partial charge on any atom is 0.253 e. The van der Waals surface area contributed by atoms with Crippen LogP contribution in [0.15, 0.2) is 41.6 Å². The molecule has 27 heavy (non-hydrogen) atoms. The van der Waals surface area contributed by atoms with Gasteiger partial charge in [-0.3, -0.25) is 9.59 Å². The summed E-state index contributed by atoms with van der Waals surface area (Å²) in [4.78, 5) is 33.0. The summed E-state index contributed by atoms with van der Waals surface area (Å²) >= 11 is 0. The molecule has 1 aromatic carbocycles. The van der Waals surface area contributed by atoms with Crippen LogP contribution in [0.5, 0.6) is 0 Å². The molecule has 3 aromatic rings. The number of benzene rings is 1. The molecule has 0 spiro atoms.